The average Bonchev–Trinajstić information content (AvgIpc) is 4.07. The van der Waals surface area contributed by atoms with Gasteiger partial charge in [0.2, 0.25) is 0 Å². The van der Waals surface area contributed by atoms with E-state index in [0.29, 0.717) is 6.54 Å². The molecule has 0 amide bonds. The molecular weight excluding hydrogens is 921 g/mol. The fraction of sp³-hybridized carbons (Fsp3) is 0.0137. The zero-order valence-corrected chi connectivity index (χ0v) is 41.7. The number of anilines is 2. The van der Waals surface area contributed by atoms with Crippen LogP contribution in [0.2, 0.25) is 0 Å². The lowest BCUT2D eigenvalue weighted by Crippen LogP contribution is -2.17. The van der Waals surface area contributed by atoms with Crippen molar-refractivity contribution < 1.29 is 4.42 Å². The lowest BCUT2D eigenvalue weighted by molar-refractivity contribution is 0.669. The van der Waals surface area contributed by atoms with Crippen molar-refractivity contribution in [2.75, 3.05) is 4.90 Å². The van der Waals surface area contributed by atoms with E-state index in [1.165, 1.54) is 88.6 Å². The molecule has 2 heterocycles. The van der Waals surface area contributed by atoms with E-state index in [0.717, 1.165) is 44.5 Å². The van der Waals surface area contributed by atoms with Gasteiger partial charge in [-0.25, -0.2) is 0 Å². The standard InChI is InChI=1S/C73H50N2O/c1-3-15-50(16-4-1)52-29-33-54(34-30-52)56-37-41-61(42-38-56)74(62-43-39-57(40-44-62)55-35-31-53(32-36-55)51-17-5-2-6-18-51)49-60-19-7-8-22-64(60)58-20-13-21-59(47-58)65-25-14-27-70-73(65)67-24-9-11-26-69(67)75(70)63-45-46-72-68(48-63)66-23-10-12-28-71(66)76-72/h1-48H,49H2. The zero-order chi connectivity index (χ0) is 50.4. The number of hydrogen-bond donors (Lipinski definition) is 0. The normalized spacial score (nSPS) is 11.5. The summed E-state index contributed by atoms with van der Waals surface area (Å²) < 4.78 is 8.66. The van der Waals surface area contributed by atoms with Crippen LogP contribution in [0.5, 0.6) is 0 Å². The van der Waals surface area contributed by atoms with Gasteiger partial charge in [-0.3, -0.25) is 0 Å². The molecule has 0 bridgehead atoms. The average molecular weight is 971 g/mol. The van der Waals surface area contributed by atoms with Gasteiger partial charge in [0.15, 0.2) is 0 Å². The third-order valence-electron chi connectivity index (χ3n) is 15.2. The van der Waals surface area contributed by atoms with Crippen molar-refractivity contribution in [1.82, 2.24) is 4.57 Å². The molecule has 14 rings (SSSR count). The van der Waals surface area contributed by atoms with Crippen LogP contribution in [-0.2, 0) is 6.54 Å². The summed E-state index contributed by atoms with van der Waals surface area (Å²) in [6.45, 7) is 0.663. The summed E-state index contributed by atoms with van der Waals surface area (Å²) in [5.74, 6) is 0. The molecule has 3 nitrogen and oxygen atoms in total. The maximum Gasteiger partial charge on any atom is 0.135 e. The van der Waals surface area contributed by atoms with Gasteiger partial charge in [-0.1, -0.05) is 224 Å². The third kappa shape index (κ3) is 8.21. The topological polar surface area (TPSA) is 21.3 Å². The van der Waals surface area contributed by atoms with Crippen LogP contribution < -0.4 is 4.90 Å². The maximum atomic E-state index is 6.25. The molecule has 14 aromatic rings. The van der Waals surface area contributed by atoms with Crippen LogP contribution in [0, 0.1) is 0 Å². The zero-order valence-electron chi connectivity index (χ0n) is 41.7. The van der Waals surface area contributed by atoms with E-state index in [1.807, 2.05) is 12.1 Å². The van der Waals surface area contributed by atoms with Gasteiger partial charge in [-0.15, -0.1) is 0 Å². The lowest BCUT2D eigenvalue weighted by Gasteiger charge is -2.27. The molecule has 0 fully saturated rings. The highest BCUT2D eigenvalue weighted by Crippen LogP contribution is 2.42. The van der Waals surface area contributed by atoms with Gasteiger partial charge in [0.05, 0.1) is 11.0 Å². The van der Waals surface area contributed by atoms with E-state index in [-0.39, 0.29) is 0 Å². The van der Waals surface area contributed by atoms with E-state index in [1.54, 1.807) is 0 Å². The largest absolute Gasteiger partial charge is 0.456 e. The van der Waals surface area contributed by atoms with E-state index in [4.69, 9.17) is 4.42 Å². The highest BCUT2D eigenvalue weighted by Gasteiger charge is 2.20. The van der Waals surface area contributed by atoms with Crippen LogP contribution in [0.25, 0.3) is 116 Å². The lowest BCUT2D eigenvalue weighted by atomic mass is 9.93. The fourth-order valence-electron chi connectivity index (χ4n) is 11.3. The predicted molar refractivity (Wildman–Crippen MR) is 319 cm³/mol. The van der Waals surface area contributed by atoms with E-state index >= 15 is 0 Å². The summed E-state index contributed by atoms with van der Waals surface area (Å²) in [7, 11) is 0. The molecule has 0 radical (unpaired) electrons. The molecule has 0 unspecified atom stereocenters. The van der Waals surface area contributed by atoms with Crippen molar-refractivity contribution in [3.63, 3.8) is 0 Å². The molecule has 0 aliphatic heterocycles. The molecule has 76 heavy (non-hydrogen) atoms. The van der Waals surface area contributed by atoms with Crippen LogP contribution >= 0.6 is 0 Å². The molecule has 12 aromatic carbocycles. The summed E-state index contributed by atoms with van der Waals surface area (Å²) in [4.78, 5) is 2.45. The van der Waals surface area contributed by atoms with Crippen LogP contribution in [-0.4, -0.2) is 4.57 Å². The second kappa shape index (κ2) is 19.1. The highest BCUT2D eigenvalue weighted by atomic mass is 16.3. The third-order valence-corrected chi connectivity index (χ3v) is 15.2. The Labute approximate surface area is 442 Å². The van der Waals surface area contributed by atoms with Crippen LogP contribution in [0.4, 0.5) is 11.4 Å². The van der Waals surface area contributed by atoms with E-state index < -0.39 is 0 Å². The van der Waals surface area contributed by atoms with Crippen molar-refractivity contribution in [3.05, 3.63) is 297 Å². The molecule has 3 heteroatoms. The van der Waals surface area contributed by atoms with Crippen LogP contribution in [0.1, 0.15) is 5.56 Å². The fourth-order valence-corrected chi connectivity index (χ4v) is 11.3. The van der Waals surface area contributed by atoms with Gasteiger partial charge in [-0.2, -0.15) is 0 Å². The summed E-state index contributed by atoms with van der Waals surface area (Å²) in [5.41, 5.74) is 23.1. The molecule has 0 N–H and O–H groups in total. The first kappa shape index (κ1) is 44.7. The van der Waals surface area contributed by atoms with Crippen molar-refractivity contribution in [2.45, 2.75) is 6.54 Å². The van der Waals surface area contributed by atoms with E-state index in [2.05, 4.69) is 289 Å². The van der Waals surface area contributed by atoms with Crippen molar-refractivity contribution in [1.29, 1.82) is 0 Å². The van der Waals surface area contributed by atoms with Gasteiger partial charge < -0.3 is 13.9 Å². The van der Waals surface area contributed by atoms with Crippen molar-refractivity contribution in [3.8, 4) is 72.4 Å². The number of furan rings is 1. The van der Waals surface area contributed by atoms with Crippen molar-refractivity contribution in [2.24, 2.45) is 0 Å². The number of fused-ring (bicyclic) bond motifs is 6. The number of benzene rings is 12. The van der Waals surface area contributed by atoms with Gasteiger partial charge in [0.25, 0.3) is 0 Å². The molecule has 0 saturated carbocycles. The molecule has 0 aliphatic rings. The summed E-state index contributed by atoms with van der Waals surface area (Å²) in [6, 6.07) is 105. The predicted octanol–water partition coefficient (Wildman–Crippen LogP) is 20.0. The smallest absolute Gasteiger partial charge is 0.135 e. The van der Waals surface area contributed by atoms with Gasteiger partial charge in [-0.05, 0) is 139 Å². The van der Waals surface area contributed by atoms with E-state index in [9.17, 15) is 0 Å². The monoisotopic (exact) mass is 970 g/mol. The number of aromatic nitrogens is 1. The van der Waals surface area contributed by atoms with Gasteiger partial charge in [0, 0.05) is 45.2 Å². The molecule has 2 aromatic heterocycles. The second-order valence-corrected chi connectivity index (χ2v) is 19.6. The first-order valence-corrected chi connectivity index (χ1v) is 26.1. The first-order chi connectivity index (χ1) is 37.7. The Kier molecular flexibility index (Phi) is 11.3. The number of para-hydroxylation sites is 2. The highest BCUT2D eigenvalue weighted by molar-refractivity contribution is 6.16. The summed E-state index contributed by atoms with van der Waals surface area (Å²) >= 11 is 0. The van der Waals surface area contributed by atoms with Crippen LogP contribution in [0.15, 0.2) is 296 Å². The Bertz CT molecular complexity index is 4250. The molecule has 0 aliphatic carbocycles. The Morgan fingerprint density at radius 2 is 0.724 bits per heavy atom. The SMILES string of the molecule is c1ccc(-c2ccc(-c3ccc(N(Cc4ccccc4-c4cccc(-c5cccc6c5c5ccccc5n6-c5ccc6oc7ccccc7c6c5)c4)c4ccc(-c5ccc(-c6ccccc6)cc5)cc4)cc3)cc2)cc1. The maximum absolute atomic E-state index is 6.25. The molecule has 358 valence electrons. The summed E-state index contributed by atoms with van der Waals surface area (Å²) in [6.07, 6.45) is 0. The minimum absolute atomic E-state index is 0.663. The Balaban J connectivity index is 0.824. The van der Waals surface area contributed by atoms with Gasteiger partial charge in [0.1, 0.15) is 11.2 Å². The quantitative estimate of drug-likeness (QED) is 0.129. The Morgan fingerprint density at radius 3 is 1.34 bits per heavy atom. The molecule has 0 atom stereocenters. The van der Waals surface area contributed by atoms with Crippen LogP contribution in [0.3, 0.4) is 0 Å². The van der Waals surface area contributed by atoms with Gasteiger partial charge >= 0.3 is 0 Å². The molecule has 0 spiro atoms. The minimum atomic E-state index is 0.663. The molecular formula is C73H50N2O. The Hall–Kier alpha value is -9.96. The second-order valence-electron chi connectivity index (χ2n) is 19.6. The molecule has 0 saturated heterocycles. The summed E-state index contributed by atoms with van der Waals surface area (Å²) in [5, 5.41) is 4.69. The number of nitrogens with zero attached hydrogens (tertiary/aromatic N) is 2. The Morgan fingerprint density at radius 1 is 0.289 bits per heavy atom. The first-order valence-electron chi connectivity index (χ1n) is 26.1. The number of hydrogen-bond acceptors (Lipinski definition) is 2. The van der Waals surface area contributed by atoms with Crippen molar-refractivity contribution >= 4 is 55.1 Å². The number of rotatable bonds is 11. The minimum Gasteiger partial charge on any atom is -0.456 e.